The fourth-order valence-electron chi connectivity index (χ4n) is 2.34. The molecule has 1 saturated heterocycles. The van der Waals surface area contributed by atoms with Crippen LogP contribution in [0.25, 0.3) is 0 Å². The van der Waals surface area contributed by atoms with Crippen LogP contribution in [0, 0.1) is 6.92 Å². The summed E-state index contributed by atoms with van der Waals surface area (Å²) in [6.45, 7) is 4.19. The van der Waals surface area contributed by atoms with Gasteiger partial charge in [-0.15, -0.1) is 5.10 Å². The molecule has 2 rings (SSSR count). The van der Waals surface area contributed by atoms with Crippen LogP contribution >= 0.6 is 0 Å². The zero-order valence-corrected chi connectivity index (χ0v) is 10.1. The first kappa shape index (κ1) is 11.3. The van der Waals surface area contributed by atoms with Crippen LogP contribution < -0.4 is 10.2 Å². The van der Waals surface area contributed by atoms with Crippen molar-refractivity contribution in [2.45, 2.75) is 32.2 Å². The Labute approximate surface area is 97.1 Å². The zero-order valence-electron chi connectivity index (χ0n) is 10.1. The Hall–Kier alpha value is -1.16. The van der Waals surface area contributed by atoms with Crippen LogP contribution in [-0.4, -0.2) is 36.4 Å². The van der Waals surface area contributed by atoms with Gasteiger partial charge in [-0.3, -0.25) is 0 Å². The number of hydrogen-bond acceptors (Lipinski definition) is 4. The maximum atomic E-state index is 4.24. The molecular formula is C12H20N4. The molecule has 0 bridgehead atoms. The van der Waals surface area contributed by atoms with Crippen LogP contribution in [0.15, 0.2) is 12.3 Å². The molecule has 1 aromatic heterocycles. The Morgan fingerprint density at radius 2 is 2.38 bits per heavy atom. The summed E-state index contributed by atoms with van der Waals surface area (Å²) < 4.78 is 0. The molecular weight excluding hydrogens is 200 g/mol. The van der Waals surface area contributed by atoms with Crippen LogP contribution in [0.1, 0.15) is 24.8 Å². The van der Waals surface area contributed by atoms with Crippen molar-refractivity contribution in [1.29, 1.82) is 0 Å². The third-order valence-electron chi connectivity index (χ3n) is 3.14. The molecule has 0 aromatic carbocycles. The van der Waals surface area contributed by atoms with E-state index < -0.39 is 0 Å². The van der Waals surface area contributed by atoms with Crippen molar-refractivity contribution in [2.75, 3.05) is 25.0 Å². The summed E-state index contributed by atoms with van der Waals surface area (Å²) in [6.07, 6.45) is 5.63. The van der Waals surface area contributed by atoms with E-state index in [1.165, 1.54) is 24.8 Å². The molecule has 88 valence electrons. The largest absolute Gasteiger partial charge is 0.351 e. The molecule has 1 aromatic rings. The lowest BCUT2D eigenvalue weighted by Crippen LogP contribution is -2.45. The van der Waals surface area contributed by atoms with Crippen molar-refractivity contribution in [3.63, 3.8) is 0 Å². The van der Waals surface area contributed by atoms with Crippen LogP contribution in [0.5, 0.6) is 0 Å². The second kappa shape index (κ2) is 5.25. The van der Waals surface area contributed by atoms with Gasteiger partial charge in [-0.2, -0.15) is 5.10 Å². The summed E-state index contributed by atoms with van der Waals surface area (Å²) in [5, 5.41) is 11.5. The molecule has 4 nitrogen and oxygen atoms in total. The highest BCUT2D eigenvalue weighted by molar-refractivity contribution is 5.41. The first-order chi connectivity index (χ1) is 7.81. The second-order valence-corrected chi connectivity index (χ2v) is 4.49. The minimum Gasteiger partial charge on any atom is -0.351 e. The van der Waals surface area contributed by atoms with Crippen LogP contribution in [-0.2, 0) is 0 Å². The van der Waals surface area contributed by atoms with E-state index >= 15 is 0 Å². The minimum atomic E-state index is 0.565. The van der Waals surface area contributed by atoms with Gasteiger partial charge in [-0.25, -0.2) is 0 Å². The average Bonchev–Trinajstić information content (AvgIpc) is 2.30. The monoisotopic (exact) mass is 220 g/mol. The SMILES string of the molecule is CNCC1CCCCN1c1cc(C)cnn1. The second-order valence-electron chi connectivity index (χ2n) is 4.49. The fraction of sp³-hybridized carbons (Fsp3) is 0.667. The lowest BCUT2D eigenvalue weighted by atomic mass is 10.0. The van der Waals surface area contributed by atoms with Crippen molar-refractivity contribution in [2.24, 2.45) is 0 Å². The molecule has 1 aliphatic rings. The average molecular weight is 220 g/mol. The summed E-state index contributed by atoms with van der Waals surface area (Å²) in [4.78, 5) is 2.39. The maximum Gasteiger partial charge on any atom is 0.151 e. The number of nitrogens with zero attached hydrogens (tertiary/aromatic N) is 3. The number of nitrogens with one attached hydrogen (secondary N) is 1. The summed E-state index contributed by atoms with van der Waals surface area (Å²) in [5.41, 5.74) is 1.18. The molecule has 2 heterocycles. The van der Waals surface area contributed by atoms with Gasteiger partial charge >= 0.3 is 0 Å². The minimum absolute atomic E-state index is 0.565. The Kier molecular flexibility index (Phi) is 3.72. The Morgan fingerprint density at radius 1 is 1.50 bits per heavy atom. The first-order valence-corrected chi connectivity index (χ1v) is 6.02. The van der Waals surface area contributed by atoms with Gasteiger partial charge < -0.3 is 10.2 Å². The highest BCUT2D eigenvalue weighted by atomic mass is 15.3. The van der Waals surface area contributed by atoms with Crippen molar-refractivity contribution >= 4 is 5.82 Å². The lowest BCUT2D eigenvalue weighted by molar-refractivity contribution is 0.442. The molecule has 0 saturated carbocycles. The third-order valence-corrected chi connectivity index (χ3v) is 3.14. The zero-order chi connectivity index (χ0) is 11.4. The van der Waals surface area contributed by atoms with Gasteiger partial charge in [0.1, 0.15) is 0 Å². The van der Waals surface area contributed by atoms with Gasteiger partial charge in [0.15, 0.2) is 5.82 Å². The van der Waals surface area contributed by atoms with Gasteiger partial charge in [0.05, 0.1) is 6.20 Å². The van der Waals surface area contributed by atoms with E-state index in [1.54, 1.807) is 6.20 Å². The normalized spacial score (nSPS) is 21.1. The highest BCUT2D eigenvalue weighted by Gasteiger charge is 2.23. The predicted octanol–water partition coefficient (Wildman–Crippen LogP) is 1.36. The van der Waals surface area contributed by atoms with E-state index in [0.717, 1.165) is 18.9 Å². The van der Waals surface area contributed by atoms with Crippen LogP contribution in [0.3, 0.4) is 0 Å². The molecule has 0 radical (unpaired) electrons. The quantitative estimate of drug-likeness (QED) is 0.835. The molecule has 16 heavy (non-hydrogen) atoms. The molecule has 0 aliphatic carbocycles. The van der Waals surface area contributed by atoms with Crippen molar-refractivity contribution < 1.29 is 0 Å². The van der Waals surface area contributed by atoms with Gasteiger partial charge in [0.2, 0.25) is 0 Å². The number of hydrogen-bond donors (Lipinski definition) is 1. The van der Waals surface area contributed by atoms with E-state index in [1.807, 2.05) is 7.05 Å². The molecule has 1 atom stereocenters. The van der Waals surface area contributed by atoms with Gasteiger partial charge in [0.25, 0.3) is 0 Å². The molecule has 0 amide bonds. The number of anilines is 1. The van der Waals surface area contributed by atoms with Crippen molar-refractivity contribution in [1.82, 2.24) is 15.5 Å². The van der Waals surface area contributed by atoms with E-state index in [2.05, 4.69) is 33.4 Å². The van der Waals surface area contributed by atoms with Gasteiger partial charge in [-0.1, -0.05) is 0 Å². The van der Waals surface area contributed by atoms with E-state index in [4.69, 9.17) is 0 Å². The summed E-state index contributed by atoms with van der Waals surface area (Å²) in [6, 6.07) is 2.69. The smallest absolute Gasteiger partial charge is 0.151 e. The highest BCUT2D eigenvalue weighted by Crippen LogP contribution is 2.22. The Balaban J connectivity index is 2.16. The molecule has 1 fully saturated rings. The topological polar surface area (TPSA) is 41.0 Å². The van der Waals surface area contributed by atoms with E-state index in [9.17, 15) is 0 Å². The summed E-state index contributed by atoms with van der Waals surface area (Å²) >= 11 is 0. The van der Waals surface area contributed by atoms with E-state index in [-0.39, 0.29) is 0 Å². The van der Waals surface area contributed by atoms with Crippen molar-refractivity contribution in [3.05, 3.63) is 17.8 Å². The molecule has 1 unspecified atom stereocenters. The molecule has 0 spiro atoms. The van der Waals surface area contributed by atoms with Gasteiger partial charge in [0, 0.05) is 19.1 Å². The summed E-state index contributed by atoms with van der Waals surface area (Å²) in [5.74, 6) is 1.03. The van der Waals surface area contributed by atoms with Crippen LogP contribution in [0.4, 0.5) is 5.82 Å². The number of aryl methyl sites for hydroxylation is 1. The molecule has 4 heteroatoms. The van der Waals surface area contributed by atoms with Gasteiger partial charge in [-0.05, 0) is 44.9 Å². The van der Waals surface area contributed by atoms with Crippen molar-refractivity contribution in [3.8, 4) is 0 Å². The predicted molar refractivity (Wildman–Crippen MR) is 65.7 cm³/mol. The third kappa shape index (κ3) is 2.50. The standard InChI is InChI=1S/C12H20N4/c1-10-7-12(15-14-8-10)16-6-4-3-5-11(16)9-13-2/h7-8,11,13H,3-6,9H2,1-2H3. The number of rotatable bonds is 3. The van der Waals surface area contributed by atoms with Crippen LogP contribution in [0.2, 0.25) is 0 Å². The summed E-state index contributed by atoms with van der Waals surface area (Å²) in [7, 11) is 2.01. The number of piperidine rings is 1. The first-order valence-electron chi connectivity index (χ1n) is 6.02. The number of aromatic nitrogens is 2. The molecule has 1 aliphatic heterocycles. The Bertz CT molecular complexity index is 338. The lowest BCUT2D eigenvalue weighted by Gasteiger charge is -2.36. The number of likely N-dealkylation sites (N-methyl/N-ethyl adjacent to an activating group) is 1. The van der Waals surface area contributed by atoms with E-state index in [0.29, 0.717) is 6.04 Å². The fourth-order valence-corrected chi connectivity index (χ4v) is 2.34. The molecule has 1 N–H and O–H groups in total. The Morgan fingerprint density at radius 3 is 3.12 bits per heavy atom. The maximum absolute atomic E-state index is 4.24.